The van der Waals surface area contributed by atoms with Crippen LogP contribution in [-0.2, 0) is 12.4 Å². The molecular formula is C18H6F6N4. The highest BCUT2D eigenvalue weighted by Gasteiger charge is 2.37. The maximum absolute atomic E-state index is 13.1. The predicted octanol–water partition coefficient (Wildman–Crippen LogP) is 5.03. The quantitative estimate of drug-likeness (QED) is 0.229. The number of hydrogen-bond acceptors (Lipinski definition) is 3. The first-order valence-electron chi connectivity index (χ1n) is 7.43. The number of halogens is 6. The summed E-state index contributed by atoms with van der Waals surface area (Å²) in [6, 6.07) is 4.90. The van der Waals surface area contributed by atoms with Crippen LogP contribution in [0.2, 0.25) is 0 Å². The van der Waals surface area contributed by atoms with Gasteiger partial charge in [-0.2, -0.15) is 43.2 Å². The number of benzene rings is 2. The molecule has 0 radical (unpaired) electrons. The van der Waals surface area contributed by atoms with E-state index in [0.717, 1.165) is 36.4 Å². The molecule has 1 aliphatic rings. The third kappa shape index (κ3) is 3.21. The molecule has 3 rings (SSSR count). The molecule has 4 nitrogen and oxygen atoms in total. The molecule has 2 aromatic rings. The first-order chi connectivity index (χ1) is 13.1. The molecule has 0 spiro atoms. The highest BCUT2D eigenvalue weighted by atomic mass is 19.4. The van der Waals surface area contributed by atoms with E-state index in [1.807, 2.05) is 0 Å². The van der Waals surface area contributed by atoms with Gasteiger partial charge in [0.2, 0.25) is 6.19 Å². The molecule has 0 aliphatic heterocycles. The lowest BCUT2D eigenvalue weighted by molar-refractivity contribution is -0.138. The lowest BCUT2D eigenvalue weighted by Gasteiger charge is -2.23. The van der Waals surface area contributed by atoms with Gasteiger partial charge in [0.05, 0.1) is 21.9 Å². The molecule has 0 saturated heterocycles. The van der Waals surface area contributed by atoms with Crippen molar-refractivity contribution in [3.63, 3.8) is 0 Å². The average molecular weight is 392 g/mol. The number of alkyl halides is 6. The number of rotatable bonds is 0. The van der Waals surface area contributed by atoms with Crippen molar-refractivity contribution in [2.24, 2.45) is 10.1 Å². The van der Waals surface area contributed by atoms with E-state index in [1.54, 1.807) is 0 Å². The van der Waals surface area contributed by atoms with Crippen LogP contribution in [0.3, 0.4) is 0 Å². The molecule has 0 bridgehead atoms. The summed E-state index contributed by atoms with van der Waals surface area (Å²) in [7, 11) is 0. The van der Waals surface area contributed by atoms with Gasteiger partial charge in [0.15, 0.2) is 5.71 Å². The van der Waals surface area contributed by atoms with E-state index >= 15 is 0 Å². The minimum Gasteiger partial charge on any atom is -0.181 e. The molecule has 0 saturated carbocycles. The largest absolute Gasteiger partial charge is 0.416 e. The summed E-state index contributed by atoms with van der Waals surface area (Å²) in [5, 5.41) is 12.4. The first kappa shape index (κ1) is 19.1. The Morgan fingerprint density at radius 3 is 1.68 bits per heavy atom. The van der Waals surface area contributed by atoms with Crippen LogP contribution in [0.4, 0.5) is 26.3 Å². The lowest BCUT2D eigenvalue weighted by atomic mass is 9.81. The van der Waals surface area contributed by atoms with E-state index in [2.05, 4.69) is 15.0 Å². The van der Waals surface area contributed by atoms with Crippen LogP contribution in [0, 0.1) is 18.0 Å². The Labute approximate surface area is 153 Å². The topological polar surface area (TPSA) is 52.9 Å². The van der Waals surface area contributed by atoms with Gasteiger partial charge in [-0.3, -0.25) is 0 Å². The summed E-state index contributed by atoms with van der Waals surface area (Å²) in [4.78, 5) is 6.34. The normalized spacial score (nSPS) is 16.3. The summed E-state index contributed by atoms with van der Waals surface area (Å²) < 4.78 is 78.5. The minimum atomic E-state index is -4.69. The molecule has 28 heavy (non-hydrogen) atoms. The number of nitriles is 1. The first-order valence-corrected chi connectivity index (χ1v) is 7.43. The molecule has 0 atom stereocenters. The van der Waals surface area contributed by atoms with Crippen molar-refractivity contribution in [3.8, 4) is 6.19 Å². The Bertz CT molecular complexity index is 1020. The fourth-order valence-corrected chi connectivity index (χ4v) is 2.86. The summed E-state index contributed by atoms with van der Waals surface area (Å²) in [6.07, 6.45) is -7.93. The van der Waals surface area contributed by atoms with E-state index in [4.69, 9.17) is 11.8 Å². The van der Waals surface area contributed by atoms with Crippen molar-refractivity contribution >= 4 is 11.4 Å². The predicted molar refractivity (Wildman–Crippen MR) is 86.4 cm³/mol. The van der Waals surface area contributed by atoms with E-state index in [1.165, 1.54) is 6.19 Å². The van der Waals surface area contributed by atoms with Gasteiger partial charge in [-0.1, -0.05) is 12.1 Å². The summed E-state index contributed by atoms with van der Waals surface area (Å²) in [6.45, 7) is 6.92. The van der Waals surface area contributed by atoms with Gasteiger partial charge < -0.3 is 0 Å². The van der Waals surface area contributed by atoms with Crippen LogP contribution in [0.1, 0.15) is 33.4 Å². The van der Waals surface area contributed by atoms with E-state index < -0.39 is 23.5 Å². The maximum Gasteiger partial charge on any atom is 0.416 e. The lowest BCUT2D eigenvalue weighted by Crippen LogP contribution is -2.24. The summed E-state index contributed by atoms with van der Waals surface area (Å²) in [5.74, 6) is 0. The van der Waals surface area contributed by atoms with Gasteiger partial charge in [0, 0.05) is 22.3 Å². The van der Waals surface area contributed by atoms with Crippen molar-refractivity contribution in [3.05, 3.63) is 81.3 Å². The Balaban J connectivity index is 2.38. The zero-order chi connectivity index (χ0) is 20.7. The Morgan fingerprint density at radius 2 is 1.25 bits per heavy atom. The molecule has 0 amide bonds. The van der Waals surface area contributed by atoms with E-state index in [-0.39, 0.29) is 33.7 Å². The minimum absolute atomic E-state index is 0.0233. The zero-order valence-electron chi connectivity index (χ0n) is 13.5. The number of fused-ring (bicyclic) bond motifs is 2. The van der Waals surface area contributed by atoms with E-state index in [0.29, 0.717) is 0 Å². The third-order valence-electron chi connectivity index (χ3n) is 4.03. The third-order valence-corrected chi connectivity index (χ3v) is 4.03. The number of hydrogen-bond donors (Lipinski definition) is 0. The van der Waals surface area contributed by atoms with Crippen LogP contribution < -0.4 is 0 Å². The van der Waals surface area contributed by atoms with Crippen LogP contribution >= 0.6 is 0 Å². The number of nitrogens with zero attached hydrogens (tertiary/aromatic N) is 4. The van der Waals surface area contributed by atoms with E-state index in [9.17, 15) is 26.3 Å². The van der Waals surface area contributed by atoms with Crippen molar-refractivity contribution in [1.29, 1.82) is 5.26 Å². The van der Waals surface area contributed by atoms with Gasteiger partial charge in [-0.05, 0) is 24.3 Å². The maximum atomic E-state index is 13.1. The smallest absolute Gasteiger partial charge is 0.181 e. The van der Waals surface area contributed by atoms with Crippen LogP contribution in [-0.4, -0.2) is 11.4 Å². The van der Waals surface area contributed by atoms with Crippen molar-refractivity contribution in [2.45, 2.75) is 12.4 Å². The SMILES string of the molecule is [C-]#[N+]/N=C1/c2ccc(C(F)(F)F)cc2C(=NC#N)c2ccc(C(F)(F)F)cc21. The molecule has 0 N–H and O–H groups in total. The van der Waals surface area contributed by atoms with Crippen molar-refractivity contribution in [1.82, 2.24) is 0 Å². The second kappa shape index (κ2) is 6.50. The summed E-state index contributed by atoms with van der Waals surface area (Å²) >= 11 is 0. The van der Waals surface area contributed by atoms with Crippen molar-refractivity contribution < 1.29 is 26.3 Å². The van der Waals surface area contributed by atoms with Gasteiger partial charge in [0.25, 0.3) is 0 Å². The fraction of sp³-hybridized carbons (Fsp3) is 0.111. The monoisotopic (exact) mass is 392 g/mol. The molecule has 0 heterocycles. The Hall–Kier alpha value is -3.66. The van der Waals surface area contributed by atoms with Gasteiger partial charge in [-0.25, -0.2) is 0 Å². The fourth-order valence-electron chi connectivity index (χ4n) is 2.86. The highest BCUT2D eigenvalue weighted by Crippen LogP contribution is 2.37. The Morgan fingerprint density at radius 1 is 0.786 bits per heavy atom. The van der Waals surface area contributed by atoms with Crippen LogP contribution in [0.15, 0.2) is 46.5 Å². The van der Waals surface area contributed by atoms with Gasteiger partial charge >= 0.3 is 12.4 Å². The number of aliphatic imine (C=N–C) groups is 1. The molecular weight excluding hydrogens is 386 g/mol. The standard InChI is InChI=1S/C18H6F6N4/c1-26-28-16-12-5-3-9(17(19,20)21)6-13(12)15(27-8-25)11-4-2-10(7-14(11)16)18(22,23)24/h2-7H/b27-15?,28-16-. The Kier molecular flexibility index (Phi) is 4.44. The average Bonchev–Trinajstić information content (AvgIpc) is 2.62. The molecule has 2 aromatic carbocycles. The van der Waals surface area contributed by atoms with Crippen LogP contribution in [0.25, 0.3) is 4.95 Å². The zero-order valence-corrected chi connectivity index (χ0v) is 13.5. The second-order valence-electron chi connectivity index (χ2n) is 5.63. The molecule has 0 unspecified atom stereocenters. The molecule has 0 fully saturated rings. The highest BCUT2D eigenvalue weighted by molar-refractivity contribution is 6.32. The van der Waals surface area contributed by atoms with Gasteiger partial charge in [0.1, 0.15) is 0 Å². The van der Waals surface area contributed by atoms with Gasteiger partial charge in [-0.15, -0.1) is 4.95 Å². The molecule has 10 heteroatoms. The second-order valence-corrected chi connectivity index (χ2v) is 5.63. The molecule has 1 aliphatic carbocycles. The van der Waals surface area contributed by atoms with Crippen LogP contribution in [0.5, 0.6) is 0 Å². The molecule has 0 aromatic heterocycles. The van der Waals surface area contributed by atoms with Crippen molar-refractivity contribution in [2.75, 3.05) is 0 Å². The summed E-state index contributed by atoms with van der Waals surface area (Å²) in [5.41, 5.74) is -2.86. The molecule has 140 valence electrons.